The molecule has 148 valence electrons. The van der Waals surface area contributed by atoms with E-state index in [1.807, 2.05) is 0 Å². The fourth-order valence-corrected chi connectivity index (χ4v) is 3.25. The van der Waals surface area contributed by atoms with Gasteiger partial charge in [-0.3, -0.25) is 14.9 Å². The van der Waals surface area contributed by atoms with Crippen LogP contribution in [0, 0.1) is 22.0 Å². The first-order valence-electron chi connectivity index (χ1n) is 8.90. The topological polar surface area (TPSA) is 99.0 Å². The number of hydrogen-bond acceptors (Lipinski definition) is 6. The zero-order valence-corrected chi connectivity index (χ0v) is 16.1. The molecule has 0 saturated carbocycles. The van der Waals surface area contributed by atoms with Crippen LogP contribution in [0.5, 0.6) is 0 Å². The highest BCUT2D eigenvalue weighted by Gasteiger charge is 2.37. The summed E-state index contributed by atoms with van der Waals surface area (Å²) >= 11 is 0. The van der Waals surface area contributed by atoms with Crippen molar-refractivity contribution in [3.63, 3.8) is 0 Å². The van der Waals surface area contributed by atoms with Gasteiger partial charge in [-0.1, -0.05) is 12.1 Å². The van der Waals surface area contributed by atoms with Crippen LogP contribution in [0.1, 0.15) is 32.8 Å². The van der Waals surface area contributed by atoms with E-state index < -0.39 is 22.5 Å². The summed E-state index contributed by atoms with van der Waals surface area (Å²) in [5.41, 5.74) is 0.0909. The molecule has 1 amide bonds. The van der Waals surface area contributed by atoms with Crippen LogP contribution in [0.3, 0.4) is 0 Å². The molecule has 8 nitrogen and oxygen atoms in total. The van der Waals surface area contributed by atoms with Crippen LogP contribution in [0.25, 0.3) is 0 Å². The number of ether oxygens (including phenoxy) is 2. The number of amides is 1. The number of esters is 1. The van der Waals surface area contributed by atoms with Crippen molar-refractivity contribution in [1.29, 1.82) is 0 Å². The third kappa shape index (κ3) is 5.67. The summed E-state index contributed by atoms with van der Waals surface area (Å²) in [6.45, 7) is 6.31. The Hall–Kier alpha value is -2.64. The molecule has 1 unspecified atom stereocenters. The van der Waals surface area contributed by atoms with Crippen molar-refractivity contribution >= 4 is 17.7 Å². The zero-order chi connectivity index (χ0) is 20.2. The number of benzene rings is 1. The van der Waals surface area contributed by atoms with Gasteiger partial charge in [-0.25, -0.2) is 4.79 Å². The molecule has 1 aromatic rings. The maximum Gasteiger partial charge on any atom is 0.410 e. The smallest absolute Gasteiger partial charge is 0.410 e. The summed E-state index contributed by atoms with van der Waals surface area (Å²) in [5.74, 6) is -0.953. The largest absolute Gasteiger partial charge is 0.469 e. The van der Waals surface area contributed by atoms with Crippen LogP contribution in [-0.4, -0.2) is 47.7 Å². The van der Waals surface area contributed by atoms with Gasteiger partial charge < -0.3 is 14.4 Å². The van der Waals surface area contributed by atoms with Gasteiger partial charge in [0.2, 0.25) is 0 Å². The molecule has 0 bridgehead atoms. The van der Waals surface area contributed by atoms with Crippen molar-refractivity contribution < 1.29 is 24.0 Å². The van der Waals surface area contributed by atoms with Crippen molar-refractivity contribution in [3.8, 4) is 0 Å². The van der Waals surface area contributed by atoms with E-state index >= 15 is 0 Å². The Kier molecular flexibility index (Phi) is 6.41. The second kappa shape index (κ2) is 8.37. The Labute approximate surface area is 158 Å². The quantitative estimate of drug-likeness (QED) is 0.443. The number of rotatable bonds is 5. The average molecular weight is 378 g/mol. The van der Waals surface area contributed by atoms with E-state index in [9.17, 15) is 19.7 Å². The van der Waals surface area contributed by atoms with Crippen LogP contribution in [0.4, 0.5) is 10.5 Å². The molecule has 2 rings (SSSR count). The first kappa shape index (κ1) is 20.7. The fourth-order valence-electron chi connectivity index (χ4n) is 3.25. The van der Waals surface area contributed by atoms with E-state index in [-0.39, 0.29) is 17.6 Å². The molecule has 1 aromatic carbocycles. The van der Waals surface area contributed by atoms with Crippen LogP contribution >= 0.6 is 0 Å². The third-order valence-corrected chi connectivity index (χ3v) is 4.53. The minimum absolute atomic E-state index is 0.0158. The molecule has 1 aliphatic rings. The lowest BCUT2D eigenvalue weighted by molar-refractivity contribution is -0.384. The highest BCUT2D eigenvalue weighted by Crippen LogP contribution is 2.30. The summed E-state index contributed by atoms with van der Waals surface area (Å²) in [6, 6.07) is 6.24. The van der Waals surface area contributed by atoms with E-state index in [1.54, 1.807) is 37.8 Å². The molecular formula is C19H26N2O6. The lowest BCUT2D eigenvalue weighted by atomic mass is 9.86. The van der Waals surface area contributed by atoms with E-state index in [4.69, 9.17) is 9.47 Å². The SMILES string of the molecule is COC(=O)C(Cc1cccc([N+](=O)[O-])c1)[C@H]1CCN(C(=O)OC(C)(C)C)C1. The lowest BCUT2D eigenvalue weighted by Gasteiger charge is -2.25. The maximum atomic E-state index is 12.3. The lowest BCUT2D eigenvalue weighted by Crippen LogP contribution is -2.36. The van der Waals surface area contributed by atoms with Crippen LogP contribution in [0.2, 0.25) is 0 Å². The molecule has 1 heterocycles. The van der Waals surface area contributed by atoms with Gasteiger partial charge in [0.25, 0.3) is 5.69 Å². The van der Waals surface area contributed by atoms with Crippen molar-refractivity contribution in [2.75, 3.05) is 20.2 Å². The molecule has 1 aliphatic heterocycles. The zero-order valence-electron chi connectivity index (χ0n) is 16.1. The van der Waals surface area contributed by atoms with E-state index in [0.717, 1.165) is 0 Å². The number of nitro benzene ring substituents is 1. The monoisotopic (exact) mass is 378 g/mol. The molecular weight excluding hydrogens is 352 g/mol. The van der Waals surface area contributed by atoms with Crippen LogP contribution < -0.4 is 0 Å². The first-order chi connectivity index (χ1) is 12.6. The normalized spacial score (nSPS) is 18.1. The summed E-state index contributed by atoms with van der Waals surface area (Å²) in [7, 11) is 1.32. The molecule has 0 radical (unpaired) electrons. The van der Waals surface area contributed by atoms with E-state index in [1.165, 1.54) is 19.2 Å². The predicted molar refractivity (Wildman–Crippen MR) is 98.2 cm³/mol. The second-order valence-electron chi connectivity index (χ2n) is 7.74. The van der Waals surface area contributed by atoms with Gasteiger partial charge in [-0.05, 0) is 45.1 Å². The molecule has 2 atom stereocenters. The van der Waals surface area contributed by atoms with Gasteiger partial charge >= 0.3 is 12.1 Å². The molecule has 1 fully saturated rings. The standard InChI is InChI=1S/C19H26N2O6/c1-19(2,3)27-18(23)20-9-8-14(12-20)16(17(22)26-4)11-13-6-5-7-15(10-13)21(24)25/h5-7,10,14,16H,8-9,11-12H2,1-4H3/t14-,16?/m0/s1. The number of methoxy groups -OCH3 is 1. The van der Waals surface area contributed by atoms with Gasteiger partial charge in [0.05, 0.1) is 18.0 Å². The first-order valence-corrected chi connectivity index (χ1v) is 8.90. The number of carbonyl (C=O) groups is 2. The number of non-ortho nitro benzene ring substituents is 1. The van der Waals surface area contributed by atoms with Crippen LogP contribution in [0.15, 0.2) is 24.3 Å². The summed E-state index contributed by atoms with van der Waals surface area (Å²) in [4.78, 5) is 36.7. The molecule has 0 aromatic heterocycles. The maximum absolute atomic E-state index is 12.3. The summed E-state index contributed by atoms with van der Waals surface area (Å²) < 4.78 is 10.3. The molecule has 27 heavy (non-hydrogen) atoms. The summed E-state index contributed by atoms with van der Waals surface area (Å²) in [5, 5.41) is 11.0. The molecule has 0 spiro atoms. The highest BCUT2D eigenvalue weighted by atomic mass is 16.6. The van der Waals surface area contributed by atoms with Gasteiger partial charge in [-0.15, -0.1) is 0 Å². The number of likely N-dealkylation sites (tertiary alicyclic amines) is 1. The van der Waals surface area contributed by atoms with Crippen molar-refractivity contribution in [1.82, 2.24) is 4.90 Å². The van der Waals surface area contributed by atoms with Gasteiger partial charge in [0.15, 0.2) is 0 Å². The Morgan fingerprint density at radius 2 is 2.07 bits per heavy atom. The molecule has 0 N–H and O–H groups in total. The fraction of sp³-hybridized carbons (Fsp3) is 0.579. The summed E-state index contributed by atoms with van der Waals surface area (Å²) in [6.07, 6.45) is 0.568. The Balaban J connectivity index is 2.11. The number of hydrogen-bond donors (Lipinski definition) is 0. The van der Waals surface area contributed by atoms with Crippen molar-refractivity contribution in [2.45, 2.75) is 39.2 Å². The van der Waals surface area contributed by atoms with Gasteiger partial charge in [0, 0.05) is 25.2 Å². The van der Waals surface area contributed by atoms with Crippen molar-refractivity contribution in [2.24, 2.45) is 11.8 Å². The second-order valence-corrected chi connectivity index (χ2v) is 7.74. The molecule has 8 heteroatoms. The van der Waals surface area contributed by atoms with Gasteiger partial charge in [-0.2, -0.15) is 0 Å². The predicted octanol–water partition coefficient (Wildman–Crippen LogP) is 3.18. The minimum Gasteiger partial charge on any atom is -0.469 e. The van der Waals surface area contributed by atoms with E-state index in [2.05, 4.69) is 0 Å². The Morgan fingerprint density at radius 3 is 2.67 bits per heavy atom. The Bertz CT molecular complexity index is 712. The minimum atomic E-state index is -0.583. The third-order valence-electron chi connectivity index (χ3n) is 4.53. The van der Waals surface area contributed by atoms with E-state index in [0.29, 0.717) is 31.5 Å². The number of nitro groups is 1. The Morgan fingerprint density at radius 1 is 1.37 bits per heavy atom. The average Bonchev–Trinajstić information content (AvgIpc) is 3.07. The van der Waals surface area contributed by atoms with Crippen molar-refractivity contribution in [3.05, 3.63) is 39.9 Å². The van der Waals surface area contributed by atoms with Crippen LogP contribution in [-0.2, 0) is 20.7 Å². The van der Waals surface area contributed by atoms with Gasteiger partial charge in [0.1, 0.15) is 5.60 Å². The molecule has 0 aliphatic carbocycles. The molecule has 1 saturated heterocycles. The number of carbonyl (C=O) groups excluding carboxylic acids is 2. The number of nitrogens with zero attached hydrogens (tertiary/aromatic N) is 2. The highest BCUT2D eigenvalue weighted by molar-refractivity contribution is 5.74.